The van der Waals surface area contributed by atoms with Crippen LogP contribution in [0, 0.1) is 5.92 Å². The molecule has 110 valence electrons. The Bertz CT molecular complexity index is 592. The van der Waals surface area contributed by atoms with E-state index >= 15 is 0 Å². The number of amides is 2. The second-order valence-electron chi connectivity index (χ2n) is 4.96. The van der Waals surface area contributed by atoms with Crippen LogP contribution >= 0.6 is 0 Å². The number of rotatable bonds is 4. The third-order valence-electron chi connectivity index (χ3n) is 3.31. The van der Waals surface area contributed by atoms with Crippen molar-refractivity contribution in [3.05, 3.63) is 35.9 Å². The van der Waals surface area contributed by atoms with Crippen molar-refractivity contribution in [3.63, 3.8) is 0 Å². The number of carbonyl (C=O) groups is 3. The van der Waals surface area contributed by atoms with E-state index < -0.39 is 5.97 Å². The number of nitrogens with one attached hydrogen (secondary N) is 1. The minimum absolute atomic E-state index is 0.0238. The van der Waals surface area contributed by atoms with Crippen LogP contribution in [0.25, 0.3) is 6.08 Å². The highest BCUT2D eigenvalue weighted by Gasteiger charge is 2.31. The predicted octanol–water partition coefficient (Wildman–Crippen LogP) is 1.20. The first-order valence-electron chi connectivity index (χ1n) is 6.51. The van der Waals surface area contributed by atoms with Crippen LogP contribution in [-0.2, 0) is 14.4 Å². The van der Waals surface area contributed by atoms with Crippen LogP contribution in [0.4, 0.5) is 5.69 Å². The Kier molecular flexibility index (Phi) is 4.37. The lowest BCUT2D eigenvalue weighted by Gasteiger charge is -2.11. The Morgan fingerprint density at radius 1 is 1.33 bits per heavy atom. The Labute approximate surface area is 122 Å². The van der Waals surface area contributed by atoms with E-state index in [1.807, 2.05) is 0 Å². The van der Waals surface area contributed by atoms with Crippen molar-refractivity contribution in [3.8, 4) is 0 Å². The fraction of sp³-hybridized carbons (Fsp3) is 0.267. The molecule has 21 heavy (non-hydrogen) atoms. The molecule has 1 aromatic carbocycles. The van der Waals surface area contributed by atoms with Gasteiger partial charge in [-0.3, -0.25) is 9.59 Å². The lowest BCUT2D eigenvalue weighted by atomic mass is 10.1. The number of carbonyl (C=O) groups excluding carboxylic acids is 2. The van der Waals surface area contributed by atoms with Crippen LogP contribution in [-0.4, -0.2) is 41.4 Å². The molecule has 0 radical (unpaired) electrons. The summed E-state index contributed by atoms with van der Waals surface area (Å²) < 4.78 is 0. The van der Waals surface area contributed by atoms with Crippen molar-refractivity contribution >= 4 is 29.5 Å². The van der Waals surface area contributed by atoms with E-state index in [9.17, 15) is 14.4 Å². The highest BCUT2D eigenvalue weighted by atomic mass is 16.4. The van der Waals surface area contributed by atoms with Gasteiger partial charge in [0.15, 0.2) is 0 Å². The molecule has 1 saturated heterocycles. The number of hydrogen-bond acceptors (Lipinski definition) is 3. The van der Waals surface area contributed by atoms with Gasteiger partial charge in [0, 0.05) is 31.8 Å². The van der Waals surface area contributed by atoms with Crippen molar-refractivity contribution in [2.45, 2.75) is 6.42 Å². The van der Waals surface area contributed by atoms with E-state index in [1.54, 1.807) is 36.2 Å². The number of benzene rings is 1. The fourth-order valence-corrected chi connectivity index (χ4v) is 2.13. The van der Waals surface area contributed by atoms with Crippen molar-refractivity contribution in [1.29, 1.82) is 0 Å². The molecule has 2 rings (SSSR count). The first kappa shape index (κ1) is 14.8. The molecular formula is C15H16N2O4. The minimum Gasteiger partial charge on any atom is -0.478 e. The van der Waals surface area contributed by atoms with Crippen LogP contribution in [0.2, 0.25) is 0 Å². The van der Waals surface area contributed by atoms with E-state index in [1.165, 1.54) is 6.08 Å². The molecule has 1 fully saturated rings. The van der Waals surface area contributed by atoms with Crippen LogP contribution in [0.15, 0.2) is 30.3 Å². The maximum absolute atomic E-state index is 12.0. The summed E-state index contributed by atoms with van der Waals surface area (Å²) in [6.07, 6.45) is 2.76. The summed E-state index contributed by atoms with van der Waals surface area (Å²) in [5.74, 6) is -1.54. The molecule has 2 N–H and O–H groups in total. The summed E-state index contributed by atoms with van der Waals surface area (Å²) in [5, 5.41) is 11.3. The molecule has 0 aromatic heterocycles. The monoisotopic (exact) mass is 288 g/mol. The summed E-state index contributed by atoms with van der Waals surface area (Å²) in [5.41, 5.74) is 1.35. The van der Waals surface area contributed by atoms with Crippen LogP contribution in [0.3, 0.4) is 0 Å². The van der Waals surface area contributed by atoms with E-state index in [0.29, 0.717) is 12.2 Å². The van der Waals surface area contributed by atoms with Gasteiger partial charge in [0.1, 0.15) is 0 Å². The largest absolute Gasteiger partial charge is 0.478 e. The SMILES string of the molecule is CN1CC(C(=O)Nc2ccc(/C=C/C(=O)O)cc2)CC1=O. The molecule has 1 aliphatic rings. The predicted molar refractivity (Wildman–Crippen MR) is 77.5 cm³/mol. The number of aliphatic carboxylic acids is 1. The third kappa shape index (κ3) is 3.92. The van der Waals surface area contributed by atoms with Gasteiger partial charge in [-0.25, -0.2) is 4.79 Å². The number of carboxylic acid groups (broad SMARTS) is 1. The Hall–Kier alpha value is -2.63. The van der Waals surface area contributed by atoms with Crippen LogP contribution in [0.5, 0.6) is 0 Å². The van der Waals surface area contributed by atoms with Crippen molar-refractivity contribution in [2.24, 2.45) is 5.92 Å². The molecule has 1 unspecified atom stereocenters. The van der Waals surface area contributed by atoms with Gasteiger partial charge in [-0.15, -0.1) is 0 Å². The summed E-state index contributed by atoms with van der Waals surface area (Å²) >= 11 is 0. The van der Waals surface area contributed by atoms with E-state index in [0.717, 1.165) is 11.6 Å². The molecular weight excluding hydrogens is 272 g/mol. The third-order valence-corrected chi connectivity index (χ3v) is 3.31. The minimum atomic E-state index is -1.01. The number of likely N-dealkylation sites (tertiary alicyclic amines) is 1. The molecule has 0 spiro atoms. The van der Waals surface area contributed by atoms with Crippen molar-refractivity contribution in [1.82, 2.24) is 4.90 Å². The topological polar surface area (TPSA) is 86.7 Å². The van der Waals surface area contributed by atoms with Gasteiger partial charge in [0.05, 0.1) is 5.92 Å². The standard InChI is InChI=1S/C15H16N2O4/c1-17-9-11(8-13(17)18)15(21)16-12-5-2-10(3-6-12)4-7-14(19)20/h2-7,11H,8-9H2,1H3,(H,16,21)(H,19,20)/b7-4+. The van der Waals surface area contributed by atoms with Crippen LogP contribution in [0.1, 0.15) is 12.0 Å². The van der Waals surface area contributed by atoms with E-state index in [2.05, 4.69) is 5.32 Å². The quantitative estimate of drug-likeness (QED) is 0.815. The zero-order chi connectivity index (χ0) is 15.4. The molecule has 1 heterocycles. The maximum atomic E-state index is 12.0. The Morgan fingerprint density at radius 2 is 2.00 bits per heavy atom. The lowest BCUT2D eigenvalue weighted by Crippen LogP contribution is -2.25. The molecule has 1 aliphatic heterocycles. The average molecular weight is 288 g/mol. The summed E-state index contributed by atoms with van der Waals surface area (Å²) in [7, 11) is 1.68. The zero-order valence-electron chi connectivity index (χ0n) is 11.6. The smallest absolute Gasteiger partial charge is 0.328 e. The Balaban J connectivity index is 1.96. The number of anilines is 1. The van der Waals surface area contributed by atoms with Crippen molar-refractivity contribution < 1.29 is 19.5 Å². The second kappa shape index (κ2) is 6.21. The van der Waals surface area contributed by atoms with Gasteiger partial charge in [-0.05, 0) is 23.8 Å². The molecule has 0 aliphatic carbocycles. The van der Waals surface area contributed by atoms with Gasteiger partial charge in [-0.2, -0.15) is 0 Å². The fourth-order valence-electron chi connectivity index (χ4n) is 2.13. The molecule has 2 amide bonds. The summed E-state index contributed by atoms with van der Waals surface area (Å²) in [6, 6.07) is 6.81. The van der Waals surface area contributed by atoms with Gasteiger partial charge < -0.3 is 15.3 Å². The number of hydrogen-bond donors (Lipinski definition) is 2. The van der Waals surface area contributed by atoms with Gasteiger partial charge in [0.2, 0.25) is 11.8 Å². The van der Waals surface area contributed by atoms with E-state index in [4.69, 9.17) is 5.11 Å². The van der Waals surface area contributed by atoms with Gasteiger partial charge in [0.25, 0.3) is 0 Å². The average Bonchev–Trinajstić information content (AvgIpc) is 2.78. The zero-order valence-corrected chi connectivity index (χ0v) is 11.6. The van der Waals surface area contributed by atoms with Crippen LogP contribution < -0.4 is 5.32 Å². The summed E-state index contributed by atoms with van der Waals surface area (Å²) in [6.45, 7) is 0.435. The number of carboxylic acids is 1. The maximum Gasteiger partial charge on any atom is 0.328 e. The molecule has 0 bridgehead atoms. The molecule has 6 nitrogen and oxygen atoms in total. The molecule has 1 aromatic rings. The molecule has 1 atom stereocenters. The number of nitrogens with zero attached hydrogens (tertiary/aromatic N) is 1. The van der Waals surface area contributed by atoms with Gasteiger partial charge >= 0.3 is 5.97 Å². The lowest BCUT2D eigenvalue weighted by molar-refractivity contribution is -0.131. The van der Waals surface area contributed by atoms with Gasteiger partial charge in [-0.1, -0.05) is 12.1 Å². The van der Waals surface area contributed by atoms with E-state index in [-0.39, 0.29) is 24.2 Å². The molecule has 6 heteroatoms. The van der Waals surface area contributed by atoms with Crippen molar-refractivity contribution in [2.75, 3.05) is 18.9 Å². The first-order chi connectivity index (χ1) is 9.95. The second-order valence-corrected chi connectivity index (χ2v) is 4.96. The highest BCUT2D eigenvalue weighted by molar-refractivity contribution is 5.97. The normalized spacial score (nSPS) is 18.2. The highest BCUT2D eigenvalue weighted by Crippen LogP contribution is 2.19. The summed E-state index contributed by atoms with van der Waals surface area (Å²) in [4.78, 5) is 35.4. The molecule has 0 saturated carbocycles. The first-order valence-corrected chi connectivity index (χ1v) is 6.51. The Morgan fingerprint density at radius 3 is 2.52 bits per heavy atom.